The predicted octanol–water partition coefficient (Wildman–Crippen LogP) is 3.86. The molecule has 98 valence electrons. The minimum atomic E-state index is -0.252. The standard InChI is InChI=1S/C13H15BrClNO2/c1-2-18-13(17)12(8-3-4-8)16-9-5-6-11(15)10(14)7-9/h5-8,12,16H,2-4H2,1H3. The molecule has 0 amide bonds. The van der Waals surface area contributed by atoms with E-state index in [1.165, 1.54) is 0 Å². The molecule has 1 atom stereocenters. The van der Waals surface area contributed by atoms with Gasteiger partial charge in [0.05, 0.1) is 11.6 Å². The van der Waals surface area contributed by atoms with Crippen LogP contribution in [0.5, 0.6) is 0 Å². The van der Waals surface area contributed by atoms with E-state index >= 15 is 0 Å². The van der Waals surface area contributed by atoms with Crippen molar-refractivity contribution in [3.8, 4) is 0 Å². The molecule has 18 heavy (non-hydrogen) atoms. The topological polar surface area (TPSA) is 38.3 Å². The molecule has 0 aliphatic heterocycles. The van der Waals surface area contributed by atoms with E-state index < -0.39 is 0 Å². The number of carbonyl (C=O) groups excluding carboxylic acids is 1. The molecule has 0 saturated heterocycles. The third-order valence-corrected chi connectivity index (χ3v) is 4.09. The van der Waals surface area contributed by atoms with Crippen molar-refractivity contribution in [3.05, 3.63) is 27.7 Å². The zero-order chi connectivity index (χ0) is 13.1. The van der Waals surface area contributed by atoms with Crippen LogP contribution in [0.1, 0.15) is 19.8 Å². The molecule has 0 bridgehead atoms. The summed E-state index contributed by atoms with van der Waals surface area (Å²) in [4.78, 5) is 11.9. The van der Waals surface area contributed by atoms with Crippen molar-refractivity contribution < 1.29 is 9.53 Å². The molecular formula is C13H15BrClNO2. The Bertz CT molecular complexity index is 449. The molecule has 1 aliphatic carbocycles. The van der Waals surface area contributed by atoms with Gasteiger partial charge in [0.25, 0.3) is 0 Å². The number of rotatable bonds is 5. The number of nitrogens with one attached hydrogen (secondary N) is 1. The predicted molar refractivity (Wildman–Crippen MR) is 75.9 cm³/mol. The van der Waals surface area contributed by atoms with Gasteiger partial charge in [0, 0.05) is 10.2 Å². The van der Waals surface area contributed by atoms with Crippen molar-refractivity contribution in [2.45, 2.75) is 25.8 Å². The summed E-state index contributed by atoms with van der Waals surface area (Å²) in [6, 6.07) is 5.28. The van der Waals surface area contributed by atoms with Crippen molar-refractivity contribution in [2.75, 3.05) is 11.9 Å². The Hall–Kier alpha value is -0.740. The fraction of sp³-hybridized carbons (Fsp3) is 0.462. The van der Waals surface area contributed by atoms with E-state index in [2.05, 4.69) is 21.2 Å². The van der Waals surface area contributed by atoms with Crippen LogP contribution >= 0.6 is 27.5 Å². The molecule has 3 nitrogen and oxygen atoms in total. The van der Waals surface area contributed by atoms with Crippen LogP contribution < -0.4 is 5.32 Å². The van der Waals surface area contributed by atoms with Crippen LogP contribution in [0.2, 0.25) is 5.02 Å². The lowest BCUT2D eigenvalue weighted by Gasteiger charge is -2.18. The third kappa shape index (κ3) is 3.39. The van der Waals surface area contributed by atoms with Crippen molar-refractivity contribution in [2.24, 2.45) is 5.92 Å². The molecule has 1 N–H and O–H groups in total. The van der Waals surface area contributed by atoms with Crippen LogP contribution in [0.25, 0.3) is 0 Å². The minimum absolute atomic E-state index is 0.175. The molecule has 0 spiro atoms. The van der Waals surface area contributed by atoms with Gasteiger partial charge in [-0.05, 0) is 59.8 Å². The smallest absolute Gasteiger partial charge is 0.328 e. The summed E-state index contributed by atoms with van der Waals surface area (Å²) in [5, 5.41) is 3.88. The Kier molecular flexibility index (Phi) is 4.51. The highest BCUT2D eigenvalue weighted by Gasteiger charge is 2.37. The Morgan fingerprint density at radius 3 is 2.89 bits per heavy atom. The van der Waals surface area contributed by atoms with Crippen LogP contribution in [-0.2, 0) is 9.53 Å². The minimum Gasteiger partial charge on any atom is -0.464 e. The number of esters is 1. The van der Waals surface area contributed by atoms with Gasteiger partial charge in [-0.1, -0.05) is 11.6 Å². The van der Waals surface area contributed by atoms with Gasteiger partial charge >= 0.3 is 5.97 Å². The van der Waals surface area contributed by atoms with Gasteiger partial charge in [0.15, 0.2) is 0 Å². The summed E-state index contributed by atoms with van der Waals surface area (Å²) in [5.41, 5.74) is 0.872. The maximum absolute atomic E-state index is 11.9. The first-order valence-electron chi connectivity index (χ1n) is 6.00. The first-order valence-corrected chi connectivity index (χ1v) is 7.17. The highest BCUT2D eigenvalue weighted by Crippen LogP contribution is 2.35. The van der Waals surface area contributed by atoms with Crippen LogP contribution in [0.15, 0.2) is 22.7 Å². The summed E-state index contributed by atoms with van der Waals surface area (Å²) >= 11 is 9.31. The number of carbonyl (C=O) groups is 1. The fourth-order valence-corrected chi connectivity index (χ4v) is 2.29. The van der Waals surface area contributed by atoms with Crippen LogP contribution in [-0.4, -0.2) is 18.6 Å². The molecule has 1 saturated carbocycles. The zero-order valence-corrected chi connectivity index (χ0v) is 12.4. The van der Waals surface area contributed by atoms with Gasteiger partial charge in [0.1, 0.15) is 6.04 Å². The SMILES string of the molecule is CCOC(=O)C(Nc1ccc(Cl)c(Br)c1)C1CC1. The molecule has 1 unspecified atom stereocenters. The van der Waals surface area contributed by atoms with E-state index in [-0.39, 0.29) is 12.0 Å². The second-order valence-corrected chi connectivity index (χ2v) is 5.60. The van der Waals surface area contributed by atoms with Gasteiger partial charge in [-0.15, -0.1) is 0 Å². The lowest BCUT2D eigenvalue weighted by atomic mass is 10.1. The van der Waals surface area contributed by atoms with Crippen molar-refractivity contribution in [3.63, 3.8) is 0 Å². The fourth-order valence-electron chi connectivity index (χ4n) is 1.80. The first-order chi connectivity index (χ1) is 8.61. The van der Waals surface area contributed by atoms with Crippen molar-refractivity contribution in [1.29, 1.82) is 0 Å². The zero-order valence-electron chi connectivity index (χ0n) is 10.1. The molecule has 0 aromatic heterocycles. The molecule has 0 radical (unpaired) electrons. The number of ether oxygens (including phenoxy) is 1. The van der Waals surface area contributed by atoms with Crippen molar-refractivity contribution in [1.82, 2.24) is 0 Å². The number of benzene rings is 1. The molecule has 2 rings (SSSR count). The second-order valence-electron chi connectivity index (χ2n) is 4.34. The number of anilines is 1. The van der Waals surface area contributed by atoms with E-state index in [9.17, 15) is 4.79 Å². The highest BCUT2D eigenvalue weighted by molar-refractivity contribution is 9.10. The van der Waals surface area contributed by atoms with Gasteiger partial charge in [-0.2, -0.15) is 0 Å². The Morgan fingerprint density at radius 1 is 1.61 bits per heavy atom. The second kappa shape index (κ2) is 5.93. The van der Waals surface area contributed by atoms with E-state index in [1.54, 1.807) is 6.07 Å². The average Bonchev–Trinajstić information content (AvgIpc) is 3.15. The molecule has 5 heteroatoms. The summed E-state index contributed by atoms with van der Waals surface area (Å²) < 4.78 is 5.90. The number of halogens is 2. The lowest BCUT2D eigenvalue weighted by Crippen LogP contribution is -2.33. The van der Waals surface area contributed by atoms with Gasteiger partial charge in [-0.3, -0.25) is 0 Å². The summed E-state index contributed by atoms with van der Waals surface area (Å²) in [7, 11) is 0. The van der Waals surface area contributed by atoms with Crippen LogP contribution in [0.3, 0.4) is 0 Å². The number of hydrogen-bond acceptors (Lipinski definition) is 3. The maximum atomic E-state index is 11.9. The molecule has 1 aliphatic rings. The Labute approximate surface area is 120 Å². The van der Waals surface area contributed by atoms with E-state index in [1.807, 2.05) is 19.1 Å². The molecular weight excluding hydrogens is 318 g/mol. The Morgan fingerprint density at radius 2 is 2.33 bits per heavy atom. The first kappa shape index (κ1) is 13.7. The molecule has 1 fully saturated rings. The monoisotopic (exact) mass is 331 g/mol. The van der Waals surface area contributed by atoms with Gasteiger partial charge in [-0.25, -0.2) is 4.79 Å². The average molecular weight is 333 g/mol. The maximum Gasteiger partial charge on any atom is 0.328 e. The van der Waals surface area contributed by atoms with Crippen LogP contribution in [0.4, 0.5) is 5.69 Å². The molecule has 1 aromatic carbocycles. The van der Waals surface area contributed by atoms with Gasteiger partial charge in [0.2, 0.25) is 0 Å². The third-order valence-electron chi connectivity index (χ3n) is 2.88. The Balaban J connectivity index is 2.08. The normalized spacial score (nSPS) is 16.2. The quantitative estimate of drug-likeness (QED) is 0.832. The lowest BCUT2D eigenvalue weighted by molar-refractivity contribution is -0.144. The molecule has 0 heterocycles. The summed E-state index contributed by atoms with van der Waals surface area (Å²) in [6.45, 7) is 2.23. The van der Waals surface area contributed by atoms with E-state index in [0.29, 0.717) is 17.5 Å². The number of hydrogen-bond donors (Lipinski definition) is 1. The largest absolute Gasteiger partial charge is 0.464 e. The van der Waals surface area contributed by atoms with E-state index in [0.717, 1.165) is 23.0 Å². The van der Waals surface area contributed by atoms with Crippen molar-refractivity contribution >= 4 is 39.2 Å². The highest BCUT2D eigenvalue weighted by atomic mass is 79.9. The van der Waals surface area contributed by atoms with Gasteiger partial charge < -0.3 is 10.1 Å². The summed E-state index contributed by atoms with van der Waals surface area (Å²) in [5.74, 6) is 0.213. The van der Waals surface area contributed by atoms with E-state index in [4.69, 9.17) is 16.3 Å². The molecule has 1 aromatic rings. The van der Waals surface area contributed by atoms with Crippen LogP contribution in [0, 0.1) is 5.92 Å². The summed E-state index contributed by atoms with van der Waals surface area (Å²) in [6.07, 6.45) is 2.15.